The predicted octanol–water partition coefficient (Wildman–Crippen LogP) is 3.82. The fourth-order valence-electron chi connectivity index (χ4n) is 2.35. The number of nitrogens with two attached hydrogens (primary N) is 1. The number of halogens is 3. The molecule has 0 radical (unpaired) electrons. The number of hydrogen-bond acceptors (Lipinski definition) is 6. The van der Waals surface area contributed by atoms with E-state index in [-0.39, 0.29) is 29.6 Å². The lowest BCUT2D eigenvalue weighted by atomic mass is 10.1. The minimum atomic E-state index is -4.43. The van der Waals surface area contributed by atoms with E-state index < -0.39 is 11.7 Å². The van der Waals surface area contributed by atoms with Crippen LogP contribution in [0.5, 0.6) is 0 Å². The van der Waals surface area contributed by atoms with Gasteiger partial charge in [0.1, 0.15) is 17.3 Å². The highest BCUT2D eigenvalue weighted by Gasteiger charge is 2.30. The van der Waals surface area contributed by atoms with Gasteiger partial charge in [0.2, 0.25) is 5.95 Å². The highest BCUT2D eigenvalue weighted by atomic mass is 19.4. The molecule has 0 amide bonds. The zero-order chi connectivity index (χ0) is 18.7. The Bertz CT molecular complexity index is 962. The Kier molecular flexibility index (Phi) is 4.49. The van der Waals surface area contributed by atoms with Crippen molar-refractivity contribution in [1.29, 1.82) is 5.26 Å². The third-order valence-electron chi connectivity index (χ3n) is 3.51. The number of nitrogens with one attached hydrogen (secondary N) is 1. The maximum absolute atomic E-state index is 12.8. The molecule has 0 saturated carbocycles. The maximum Gasteiger partial charge on any atom is 0.416 e. The zero-order valence-electron chi connectivity index (χ0n) is 13.2. The molecule has 9 heteroatoms. The van der Waals surface area contributed by atoms with E-state index in [0.29, 0.717) is 11.3 Å². The van der Waals surface area contributed by atoms with Crippen molar-refractivity contribution in [3.8, 4) is 17.5 Å². The first-order chi connectivity index (χ1) is 12.4. The number of nitrogen functional groups attached to an aromatic ring is 1. The van der Waals surface area contributed by atoms with Gasteiger partial charge in [-0.25, -0.2) is 4.98 Å². The summed E-state index contributed by atoms with van der Waals surface area (Å²) in [4.78, 5) is 7.98. The maximum atomic E-state index is 12.8. The van der Waals surface area contributed by atoms with Crippen molar-refractivity contribution >= 4 is 11.8 Å². The molecule has 132 valence electrons. The minimum absolute atomic E-state index is 0.0205. The van der Waals surface area contributed by atoms with Crippen LogP contribution in [0.15, 0.2) is 47.1 Å². The second-order valence-electron chi connectivity index (χ2n) is 5.29. The number of nitrogens with zero attached hydrogens (tertiary/aromatic N) is 3. The normalized spacial score (nSPS) is 11.2. The molecule has 0 aliphatic heterocycles. The smallest absolute Gasteiger partial charge is 0.416 e. The quantitative estimate of drug-likeness (QED) is 0.734. The molecule has 0 bridgehead atoms. The SMILES string of the molecule is N#Cc1c(NCc2cccc(C(F)(F)F)c2)nc(N)nc1-c1ccco1. The monoisotopic (exact) mass is 359 g/mol. The molecule has 2 aromatic heterocycles. The van der Waals surface area contributed by atoms with Gasteiger partial charge in [-0.3, -0.25) is 0 Å². The van der Waals surface area contributed by atoms with Crippen LogP contribution in [-0.2, 0) is 12.7 Å². The van der Waals surface area contributed by atoms with E-state index in [9.17, 15) is 18.4 Å². The third kappa shape index (κ3) is 3.59. The average molecular weight is 359 g/mol. The summed E-state index contributed by atoms with van der Waals surface area (Å²) in [5.74, 6) is 0.350. The van der Waals surface area contributed by atoms with Crippen LogP contribution in [-0.4, -0.2) is 9.97 Å². The second-order valence-corrected chi connectivity index (χ2v) is 5.29. The van der Waals surface area contributed by atoms with Gasteiger partial charge in [0.15, 0.2) is 11.6 Å². The second kappa shape index (κ2) is 6.76. The molecule has 6 nitrogen and oxygen atoms in total. The summed E-state index contributed by atoms with van der Waals surface area (Å²) in [6, 6.07) is 10.1. The Labute approximate surface area is 146 Å². The Balaban J connectivity index is 1.91. The van der Waals surface area contributed by atoms with E-state index in [1.165, 1.54) is 18.4 Å². The van der Waals surface area contributed by atoms with Gasteiger partial charge in [-0.1, -0.05) is 12.1 Å². The third-order valence-corrected chi connectivity index (χ3v) is 3.51. The van der Waals surface area contributed by atoms with Crippen LogP contribution in [0.25, 0.3) is 11.5 Å². The number of hydrogen-bond donors (Lipinski definition) is 2. The summed E-state index contributed by atoms with van der Waals surface area (Å²) in [5, 5.41) is 12.3. The number of benzene rings is 1. The molecule has 0 unspecified atom stereocenters. The van der Waals surface area contributed by atoms with Crippen LogP contribution in [0, 0.1) is 11.3 Å². The van der Waals surface area contributed by atoms with Gasteiger partial charge in [-0.05, 0) is 29.8 Å². The summed E-state index contributed by atoms with van der Waals surface area (Å²) in [7, 11) is 0. The highest BCUT2D eigenvalue weighted by molar-refractivity contribution is 5.71. The number of furan rings is 1. The summed E-state index contributed by atoms with van der Waals surface area (Å²) >= 11 is 0. The number of nitriles is 1. The van der Waals surface area contributed by atoms with Crippen molar-refractivity contribution in [3.63, 3.8) is 0 Å². The van der Waals surface area contributed by atoms with E-state index in [1.807, 2.05) is 6.07 Å². The molecular weight excluding hydrogens is 347 g/mol. The summed E-state index contributed by atoms with van der Waals surface area (Å²) < 4.78 is 43.6. The lowest BCUT2D eigenvalue weighted by Gasteiger charge is -2.12. The highest BCUT2D eigenvalue weighted by Crippen LogP contribution is 2.30. The zero-order valence-corrected chi connectivity index (χ0v) is 13.2. The molecule has 1 aromatic carbocycles. The molecular formula is C17H12F3N5O. The first-order valence-corrected chi connectivity index (χ1v) is 7.40. The first-order valence-electron chi connectivity index (χ1n) is 7.40. The molecule has 3 rings (SSSR count). The topological polar surface area (TPSA) is 101 Å². The first kappa shape index (κ1) is 17.3. The van der Waals surface area contributed by atoms with Crippen LogP contribution in [0.3, 0.4) is 0 Å². The van der Waals surface area contributed by atoms with Crippen molar-refractivity contribution < 1.29 is 17.6 Å². The van der Waals surface area contributed by atoms with Crippen LogP contribution < -0.4 is 11.1 Å². The van der Waals surface area contributed by atoms with Crippen molar-refractivity contribution in [2.24, 2.45) is 0 Å². The molecule has 3 N–H and O–H groups in total. The van der Waals surface area contributed by atoms with E-state index in [4.69, 9.17) is 10.2 Å². The summed E-state index contributed by atoms with van der Waals surface area (Å²) in [6.07, 6.45) is -3.01. The van der Waals surface area contributed by atoms with Crippen molar-refractivity contribution in [2.75, 3.05) is 11.1 Å². The molecule has 0 atom stereocenters. The largest absolute Gasteiger partial charge is 0.463 e. The van der Waals surface area contributed by atoms with Crippen LogP contribution >= 0.6 is 0 Å². The fraction of sp³-hybridized carbons (Fsp3) is 0.118. The van der Waals surface area contributed by atoms with E-state index in [1.54, 1.807) is 12.1 Å². The molecule has 0 fully saturated rings. The Morgan fingerprint density at radius 2 is 2.00 bits per heavy atom. The molecule has 2 heterocycles. The summed E-state index contributed by atoms with van der Waals surface area (Å²) in [5.41, 5.74) is 5.59. The number of anilines is 2. The molecule has 0 saturated heterocycles. The van der Waals surface area contributed by atoms with Gasteiger partial charge in [0.05, 0.1) is 11.8 Å². The van der Waals surface area contributed by atoms with Gasteiger partial charge in [0, 0.05) is 6.54 Å². The van der Waals surface area contributed by atoms with E-state index >= 15 is 0 Å². The van der Waals surface area contributed by atoms with Crippen LogP contribution in [0.4, 0.5) is 24.9 Å². The van der Waals surface area contributed by atoms with Crippen LogP contribution in [0.2, 0.25) is 0 Å². The van der Waals surface area contributed by atoms with Crippen molar-refractivity contribution in [1.82, 2.24) is 9.97 Å². The number of aromatic nitrogens is 2. The Morgan fingerprint density at radius 1 is 1.19 bits per heavy atom. The van der Waals surface area contributed by atoms with Gasteiger partial charge in [-0.2, -0.15) is 23.4 Å². The molecule has 0 spiro atoms. The predicted molar refractivity (Wildman–Crippen MR) is 87.6 cm³/mol. The molecule has 3 aromatic rings. The fourth-order valence-corrected chi connectivity index (χ4v) is 2.35. The molecule has 26 heavy (non-hydrogen) atoms. The number of alkyl halides is 3. The molecule has 0 aliphatic carbocycles. The van der Waals surface area contributed by atoms with Gasteiger partial charge in [-0.15, -0.1) is 0 Å². The lowest BCUT2D eigenvalue weighted by Crippen LogP contribution is -2.10. The van der Waals surface area contributed by atoms with Gasteiger partial charge in [0.25, 0.3) is 0 Å². The van der Waals surface area contributed by atoms with Gasteiger partial charge < -0.3 is 15.5 Å². The van der Waals surface area contributed by atoms with Gasteiger partial charge >= 0.3 is 6.18 Å². The van der Waals surface area contributed by atoms with E-state index in [0.717, 1.165) is 12.1 Å². The Morgan fingerprint density at radius 3 is 2.65 bits per heavy atom. The minimum Gasteiger partial charge on any atom is -0.463 e. The van der Waals surface area contributed by atoms with E-state index in [2.05, 4.69) is 15.3 Å². The standard InChI is InChI=1S/C17H12F3N5O/c18-17(19,20)11-4-1-3-10(7-11)9-23-15-12(8-21)14(24-16(22)25-15)13-5-2-6-26-13/h1-7H,9H2,(H3,22,23,24,25). The Hall–Kier alpha value is -3.54. The van der Waals surface area contributed by atoms with Crippen LogP contribution in [0.1, 0.15) is 16.7 Å². The summed E-state index contributed by atoms with van der Waals surface area (Å²) in [6.45, 7) is 0.0205. The average Bonchev–Trinajstić information content (AvgIpc) is 3.13. The van der Waals surface area contributed by atoms with Crippen molar-refractivity contribution in [3.05, 3.63) is 59.4 Å². The number of rotatable bonds is 4. The molecule has 0 aliphatic rings. The van der Waals surface area contributed by atoms with Crippen molar-refractivity contribution in [2.45, 2.75) is 12.7 Å². The lowest BCUT2D eigenvalue weighted by molar-refractivity contribution is -0.137.